The van der Waals surface area contributed by atoms with Crippen LogP contribution in [0.5, 0.6) is 0 Å². The van der Waals surface area contributed by atoms with Crippen LogP contribution in [0.3, 0.4) is 0 Å². The minimum absolute atomic E-state index is 0.0265. The minimum atomic E-state index is -5.19. The van der Waals surface area contributed by atoms with E-state index in [1.807, 2.05) is 0 Å². The summed E-state index contributed by atoms with van der Waals surface area (Å²) in [5.41, 5.74) is -2.00. The first-order valence-electron chi connectivity index (χ1n) is 3.68. The van der Waals surface area contributed by atoms with Gasteiger partial charge in [-0.1, -0.05) is 0 Å². The second kappa shape index (κ2) is 3.79. The molecule has 1 aliphatic rings. The van der Waals surface area contributed by atoms with Crippen LogP contribution < -0.4 is 0 Å². The van der Waals surface area contributed by atoms with Crippen LogP contribution in [0.15, 0.2) is 23.2 Å². The minimum Gasteiger partial charge on any atom is -0.493 e. The smallest absolute Gasteiger partial charge is 0.419 e. The summed E-state index contributed by atoms with van der Waals surface area (Å²) in [5.74, 6) is -2.91. The first kappa shape index (κ1) is 11.9. The van der Waals surface area contributed by atoms with Crippen LogP contribution in [0.4, 0.5) is 26.3 Å². The average molecular weight is 231 g/mol. The first-order valence-corrected chi connectivity index (χ1v) is 3.68. The Kier molecular flexibility index (Phi) is 3.01. The summed E-state index contributed by atoms with van der Waals surface area (Å²) in [6, 6.07) is 0. The number of hydrogen-bond donors (Lipinski definition) is 0. The first-order chi connectivity index (χ1) is 6.79. The maximum atomic E-state index is 12.9. The highest BCUT2D eigenvalue weighted by Crippen LogP contribution is 2.42. The van der Waals surface area contributed by atoms with Gasteiger partial charge in [0, 0.05) is 0 Å². The molecule has 0 aromatic carbocycles. The fourth-order valence-electron chi connectivity index (χ4n) is 1.12. The summed E-state index contributed by atoms with van der Waals surface area (Å²) in [6.07, 6.45) is -10.0. The van der Waals surface area contributed by atoms with E-state index in [4.69, 9.17) is 0 Å². The zero-order chi connectivity index (χ0) is 11.8. The van der Waals surface area contributed by atoms with Gasteiger partial charge < -0.3 is 4.74 Å². The van der Waals surface area contributed by atoms with Crippen LogP contribution in [0.25, 0.3) is 0 Å². The molecule has 0 spiro atoms. The number of ether oxygens (including phenoxy) is 1. The molecule has 0 bridgehead atoms. The third-order valence-corrected chi connectivity index (χ3v) is 1.73. The number of rotatable bonds is 1. The predicted octanol–water partition coefficient (Wildman–Crippen LogP) is 3.16. The molecule has 7 heteroatoms. The third kappa shape index (κ3) is 2.10. The normalized spacial score (nSPS) is 24.2. The van der Waals surface area contributed by atoms with Crippen LogP contribution in [-0.2, 0) is 4.74 Å². The van der Waals surface area contributed by atoms with E-state index in [2.05, 4.69) is 4.74 Å². The summed E-state index contributed by atoms with van der Waals surface area (Å²) in [7, 11) is 0.741. The lowest BCUT2D eigenvalue weighted by Gasteiger charge is -2.23. The molecule has 1 nitrogen and oxygen atoms in total. The van der Waals surface area contributed by atoms with E-state index in [9.17, 15) is 26.3 Å². The van der Waals surface area contributed by atoms with Crippen molar-refractivity contribution < 1.29 is 31.1 Å². The third-order valence-electron chi connectivity index (χ3n) is 1.73. The summed E-state index contributed by atoms with van der Waals surface area (Å²) >= 11 is 0. The fourth-order valence-corrected chi connectivity index (χ4v) is 1.12. The van der Waals surface area contributed by atoms with Crippen molar-refractivity contribution in [2.45, 2.75) is 12.3 Å². The molecule has 1 radical (unpaired) electrons. The van der Waals surface area contributed by atoms with Gasteiger partial charge in [0.25, 0.3) is 0 Å². The number of halogens is 6. The summed E-state index contributed by atoms with van der Waals surface area (Å²) in [5, 5.41) is 0. The van der Waals surface area contributed by atoms with E-state index in [1.54, 1.807) is 0 Å². The Morgan fingerprint density at radius 2 is 1.80 bits per heavy atom. The SMILES string of the molecule is COC1=C(C(F)(F)F)C(F)[C](F)C=C1F. The zero-order valence-corrected chi connectivity index (χ0v) is 7.33. The van der Waals surface area contributed by atoms with Gasteiger partial charge in [-0.25, -0.2) is 13.2 Å². The monoisotopic (exact) mass is 231 g/mol. The quantitative estimate of drug-likeness (QED) is 0.630. The Morgan fingerprint density at radius 1 is 1.27 bits per heavy atom. The van der Waals surface area contributed by atoms with Crippen LogP contribution >= 0.6 is 0 Å². The standard InChI is InChI=1S/C8H5F6O/c1-15-7-4(10)2-3(9)6(11)5(7)8(12,13)14/h2,6H,1H3. The molecule has 1 unspecified atom stereocenters. The topological polar surface area (TPSA) is 9.23 Å². The molecular weight excluding hydrogens is 226 g/mol. The van der Waals surface area contributed by atoms with Crippen molar-refractivity contribution in [2.24, 2.45) is 0 Å². The number of allylic oxidation sites excluding steroid dienone is 3. The number of methoxy groups -OCH3 is 1. The van der Waals surface area contributed by atoms with Gasteiger partial charge in [-0.2, -0.15) is 13.2 Å². The summed E-state index contributed by atoms with van der Waals surface area (Å²) < 4.78 is 79.0. The molecule has 0 saturated heterocycles. The lowest BCUT2D eigenvalue weighted by Crippen LogP contribution is -2.29. The second-order valence-electron chi connectivity index (χ2n) is 2.68. The molecule has 1 aliphatic carbocycles. The lowest BCUT2D eigenvalue weighted by molar-refractivity contribution is -0.105. The van der Waals surface area contributed by atoms with E-state index in [0.29, 0.717) is 0 Å². The van der Waals surface area contributed by atoms with Crippen molar-refractivity contribution in [3.05, 3.63) is 29.4 Å². The molecule has 0 aromatic rings. The van der Waals surface area contributed by atoms with Gasteiger partial charge in [0.2, 0.25) is 6.17 Å². The van der Waals surface area contributed by atoms with Crippen molar-refractivity contribution in [2.75, 3.05) is 7.11 Å². The van der Waals surface area contributed by atoms with E-state index in [-0.39, 0.29) is 6.08 Å². The van der Waals surface area contributed by atoms with E-state index in [1.165, 1.54) is 0 Å². The molecule has 0 N–H and O–H groups in total. The van der Waals surface area contributed by atoms with Gasteiger partial charge >= 0.3 is 6.18 Å². The highest BCUT2D eigenvalue weighted by molar-refractivity contribution is 5.42. The lowest BCUT2D eigenvalue weighted by atomic mass is 9.98. The summed E-state index contributed by atoms with van der Waals surface area (Å²) in [4.78, 5) is 0. The number of alkyl halides is 4. The molecule has 0 heterocycles. The molecule has 0 saturated carbocycles. The summed E-state index contributed by atoms with van der Waals surface area (Å²) in [6.45, 7) is 0. The van der Waals surface area contributed by atoms with E-state index < -0.39 is 35.7 Å². The van der Waals surface area contributed by atoms with Gasteiger partial charge in [-0.05, 0) is 6.08 Å². The van der Waals surface area contributed by atoms with Gasteiger partial charge in [0.1, 0.15) is 5.57 Å². The Morgan fingerprint density at radius 3 is 2.20 bits per heavy atom. The van der Waals surface area contributed by atoms with Crippen LogP contribution in [0.1, 0.15) is 0 Å². The fraction of sp³-hybridized carbons (Fsp3) is 0.375. The Bertz CT molecular complexity index is 316. The average Bonchev–Trinajstić information content (AvgIpc) is 2.08. The molecule has 0 aliphatic heterocycles. The second-order valence-corrected chi connectivity index (χ2v) is 2.68. The molecule has 85 valence electrons. The van der Waals surface area contributed by atoms with Crippen molar-refractivity contribution in [3.8, 4) is 0 Å². The highest BCUT2D eigenvalue weighted by Gasteiger charge is 2.49. The van der Waals surface area contributed by atoms with Gasteiger partial charge in [-0.15, -0.1) is 0 Å². The highest BCUT2D eigenvalue weighted by atomic mass is 19.4. The van der Waals surface area contributed by atoms with Crippen molar-refractivity contribution in [1.29, 1.82) is 0 Å². The molecule has 0 aromatic heterocycles. The zero-order valence-electron chi connectivity index (χ0n) is 7.33. The van der Waals surface area contributed by atoms with Gasteiger partial charge in [-0.3, -0.25) is 0 Å². The molecular formula is C8H5F6O. The maximum absolute atomic E-state index is 12.9. The molecule has 0 amide bonds. The van der Waals surface area contributed by atoms with Crippen LogP contribution in [0, 0.1) is 6.17 Å². The Balaban J connectivity index is 3.29. The van der Waals surface area contributed by atoms with E-state index >= 15 is 0 Å². The van der Waals surface area contributed by atoms with Crippen LogP contribution in [-0.4, -0.2) is 19.5 Å². The Hall–Kier alpha value is -1.14. The Labute approximate surface area is 81.0 Å². The largest absolute Gasteiger partial charge is 0.493 e. The van der Waals surface area contributed by atoms with Crippen molar-refractivity contribution in [1.82, 2.24) is 0 Å². The predicted molar refractivity (Wildman–Crippen MR) is 38.5 cm³/mol. The molecule has 15 heavy (non-hydrogen) atoms. The number of hydrogen-bond acceptors (Lipinski definition) is 1. The molecule has 1 atom stereocenters. The molecule has 0 fully saturated rings. The van der Waals surface area contributed by atoms with Crippen LogP contribution in [0.2, 0.25) is 0 Å². The van der Waals surface area contributed by atoms with Crippen molar-refractivity contribution >= 4 is 0 Å². The van der Waals surface area contributed by atoms with Gasteiger partial charge in [0.15, 0.2) is 17.8 Å². The van der Waals surface area contributed by atoms with Crippen molar-refractivity contribution in [3.63, 3.8) is 0 Å². The molecule has 1 rings (SSSR count). The van der Waals surface area contributed by atoms with E-state index in [0.717, 1.165) is 7.11 Å². The maximum Gasteiger partial charge on any atom is 0.419 e. The van der Waals surface area contributed by atoms with Gasteiger partial charge in [0.05, 0.1) is 7.11 Å².